The van der Waals surface area contributed by atoms with Gasteiger partial charge in [-0.15, -0.1) is 0 Å². The summed E-state index contributed by atoms with van der Waals surface area (Å²) in [5.41, 5.74) is 6.34. The molecule has 2 aromatic rings. The van der Waals surface area contributed by atoms with E-state index in [1.807, 2.05) is 6.92 Å². The number of aromatic nitrogens is 3. The minimum absolute atomic E-state index is 0.0478. The van der Waals surface area contributed by atoms with Gasteiger partial charge in [0.1, 0.15) is 6.33 Å². The van der Waals surface area contributed by atoms with Gasteiger partial charge in [0.25, 0.3) is 5.69 Å². The number of benzene rings is 1. The summed E-state index contributed by atoms with van der Waals surface area (Å²) in [7, 11) is 0. The number of nitro benzene ring substituents is 1. The van der Waals surface area contributed by atoms with E-state index < -0.39 is 0 Å². The van der Waals surface area contributed by atoms with Crippen LogP contribution >= 0.6 is 0 Å². The lowest BCUT2D eigenvalue weighted by molar-refractivity contribution is -0.385. The highest BCUT2D eigenvalue weighted by Gasteiger charge is 2.13. The van der Waals surface area contributed by atoms with Crippen LogP contribution in [0, 0.1) is 10.1 Å². The van der Waals surface area contributed by atoms with Gasteiger partial charge < -0.3 is 11.1 Å². The predicted octanol–water partition coefficient (Wildman–Crippen LogP) is 1.80. The number of nitro groups is 1. The number of nitrogen functional groups attached to an aromatic ring is 1. The molecular formula is C13H16N6O2. The van der Waals surface area contributed by atoms with E-state index in [2.05, 4.69) is 20.3 Å². The Kier molecular flexibility index (Phi) is 4.60. The number of nitrogens with one attached hydrogen (secondary N) is 1. The van der Waals surface area contributed by atoms with Crippen LogP contribution in [-0.4, -0.2) is 25.9 Å². The molecule has 8 nitrogen and oxygen atoms in total. The smallest absolute Gasteiger partial charge is 0.272 e. The average molecular weight is 288 g/mol. The van der Waals surface area contributed by atoms with Crippen molar-refractivity contribution in [3.8, 4) is 0 Å². The Bertz CT molecular complexity index is 634. The van der Waals surface area contributed by atoms with Gasteiger partial charge >= 0.3 is 0 Å². The SMILES string of the molecule is CC(CCc1ccccc1[N+](=O)[O-])Nc1ncnc(N)n1. The third-order valence-corrected chi connectivity index (χ3v) is 3.00. The molecule has 1 aromatic carbocycles. The molecule has 2 rings (SSSR count). The Balaban J connectivity index is 1.95. The minimum atomic E-state index is -0.361. The molecular weight excluding hydrogens is 272 g/mol. The number of hydrogen-bond acceptors (Lipinski definition) is 7. The van der Waals surface area contributed by atoms with Crippen LogP contribution in [0.2, 0.25) is 0 Å². The van der Waals surface area contributed by atoms with Crippen molar-refractivity contribution in [2.45, 2.75) is 25.8 Å². The van der Waals surface area contributed by atoms with Crippen molar-refractivity contribution < 1.29 is 4.92 Å². The molecule has 0 bridgehead atoms. The maximum atomic E-state index is 10.9. The summed E-state index contributed by atoms with van der Waals surface area (Å²) in [5, 5.41) is 14.0. The number of nitrogens with zero attached hydrogens (tertiary/aromatic N) is 4. The van der Waals surface area contributed by atoms with E-state index in [-0.39, 0.29) is 22.6 Å². The summed E-state index contributed by atoms with van der Waals surface area (Å²) in [5.74, 6) is 0.552. The third kappa shape index (κ3) is 4.10. The summed E-state index contributed by atoms with van der Waals surface area (Å²) < 4.78 is 0. The van der Waals surface area contributed by atoms with Gasteiger partial charge in [-0.2, -0.15) is 4.98 Å². The standard InChI is InChI=1S/C13H16N6O2/c1-9(17-13-16-8-15-12(14)18-13)6-7-10-4-2-3-5-11(10)19(20)21/h2-5,8-9H,6-7H2,1H3,(H3,14,15,16,17,18). The normalized spacial score (nSPS) is 11.9. The molecule has 0 saturated heterocycles. The monoisotopic (exact) mass is 288 g/mol. The third-order valence-electron chi connectivity index (χ3n) is 3.00. The summed E-state index contributed by atoms with van der Waals surface area (Å²) in [6.07, 6.45) is 2.63. The molecule has 8 heteroatoms. The largest absolute Gasteiger partial charge is 0.368 e. The number of hydrogen-bond donors (Lipinski definition) is 2. The van der Waals surface area contributed by atoms with Gasteiger partial charge in [-0.1, -0.05) is 18.2 Å². The Morgan fingerprint density at radius 2 is 2.14 bits per heavy atom. The average Bonchev–Trinajstić information content (AvgIpc) is 2.45. The molecule has 3 N–H and O–H groups in total. The first-order valence-corrected chi connectivity index (χ1v) is 6.49. The zero-order chi connectivity index (χ0) is 15.2. The molecule has 0 radical (unpaired) electrons. The fourth-order valence-corrected chi connectivity index (χ4v) is 1.94. The Morgan fingerprint density at radius 1 is 1.38 bits per heavy atom. The second-order valence-electron chi connectivity index (χ2n) is 4.64. The van der Waals surface area contributed by atoms with Gasteiger partial charge in [-0.25, -0.2) is 9.97 Å². The molecule has 0 aliphatic carbocycles. The van der Waals surface area contributed by atoms with E-state index in [4.69, 9.17) is 5.73 Å². The predicted molar refractivity (Wildman–Crippen MR) is 78.7 cm³/mol. The van der Waals surface area contributed by atoms with Crippen molar-refractivity contribution in [1.82, 2.24) is 15.0 Å². The second kappa shape index (κ2) is 6.60. The first kappa shape index (κ1) is 14.6. The molecule has 0 spiro atoms. The zero-order valence-corrected chi connectivity index (χ0v) is 11.6. The number of rotatable bonds is 6. The van der Waals surface area contributed by atoms with Gasteiger partial charge in [0.05, 0.1) is 4.92 Å². The van der Waals surface area contributed by atoms with Crippen LogP contribution in [0.1, 0.15) is 18.9 Å². The number of anilines is 2. The molecule has 0 saturated carbocycles. The van der Waals surface area contributed by atoms with Crippen molar-refractivity contribution in [1.29, 1.82) is 0 Å². The number of para-hydroxylation sites is 1. The van der Waals surface area contributed by atoms with Crippen LogP contribution in [0.25, 0.3) is 0 Å². The molecule has 0 amide bonds. The molecule has 1 heterocycles. The number of nitrogens with two attached hydrogens (primary N) is 1. The van der Waals surface area contributed by atoms with Crippen LogP contribution in [0.15, 0.2) is 30.6 Å². The van der Waals surface area contributed by atoms with Crippen LogP contribution in [0.4, 0.5) is 17.6 Å². The summed E-state index contributed by atoms with van der Waals surface area (Å²) in [6.45, 7) is 1.95. The molecule has 0 aliphatic rings. The van der Waals surface area contributed by atoms with E-state index in [0.717, 1.165) is 0 Å². The lowest BCUT2D eigenvalue weighted by Gasteiger charge is -2.13. The number of aryl methyl sites for hydroxylation is 1. The molecule has 0 aliphatic heterocycles. The van der Waals surface area contributed by atoms with E-state index in [1.165, 1.54) is 12.4 Å². The molecule has 1 aromatic heterocycles. The quantitative estimate of drug-likeness (QED) is 0.614. The van der Waals surface area contributed by atoms with Gasteiger partial charge in [0.15, 0.2) is 0 Å². The fourth-order valence-electron chi connectivity index (χ4n) is 1.94. The van der Waals surface area contributed by atoms with Crippen LogP contribution < -0.4 is 11.1 Å². The van der Waals surface area contributed by atoms with E-state index in [0.29, 0.717) is 24.4 Å². The van der Waals surface area contributed by atoms with Gasteiger partial charge in [0.2, 0.25) is 11.9 Å². The van der Waals surface area contributed by atoms with Crippen LogP contribution in [0.3, 0.4) is 0 Å². The Hall–Kier alpha value is -2.77. The van der Waals surface area contributed by atoms with Crippen molar-refractivity contribution in [3.63, 3.8) is 0 Å². The molecule has 1 atom stereocenters. The van der Waals surface area contributed by atoms with Gasteiger partial charge in [-0.05, 0) is 19.8 Å². The Morgan fingerprint density at radius 3 is 2.86 bits per heavy atom. The van der Waals surface area contributed by atoms with Crippen LogP contribution in [-0.2, 0) is 6.42 Å². The first-order chi connectivity index (χ1) is 10.1. The fraction of sp³-hybridized carbons (Fsp3) is 0.308. The van der Waals surface area contributed by atoms with E-state index in [9.17, 15) is 10.1 Å². The molecule has 0 fully saturated rings. The highest BCUT2D eigenvalue weighted by Crippen LogP contribution is 2.20. The van der Waals surface area contributed by atoms with E-state index in [1.54, 1.807) is 18.2 Å². The van der Waals surface area contributed by atoms with Gasteiger partial charge in [-0.3, -0.25) is 10.1 Å². The maximum absolute atomic E-state index is 10.9. The zero-order valence-electron chi connectivity index (χ0n) is 11.6. The van der Waals surface area contributed by atoms with E-state index >= 15 is 0 Å². The molecule has 110 valence electrons. The van der Waals surface area contributed by atoms with Crippen molar-refractivity contribution >= 4 is 17.6 Å². The van der Waals surface area contributed by atoms with Crippen LogP contribution in [0.5, 0.6) is 0 Å². The highest BCUT2D eigenvalue weighted by molar-refractivity contribution is 5.40. The summed E-state index contributed by atoms with van der Waals surface area (Å²) in [4.78, 5) is 22.2. The summed E-state index contributed by atoms with van der Waals surface area (Å²) >= 11 is 0. The lowest BCUT2D eigenvalue weighted by atomic mass is 10.0. The van der Waals surface area contributed by atoms with Crippen molar-refractivity contribution in [3.05, 3.63) is 46.3 Å². The molecule has 21 heavy (non-hydrogen) atoms. The lowest BCUT2D eigenvalue weighted by Crippen LogP contribution is -2.18. The highest BCUT2D eigenvalue weighted by atomic mass is 16.6. The van der Waals surface area contributed by atoms with Gasteiger partial charge in [0, 0.05) is 17.7 Å². The minimum Gasteiger partial charge on any atom is -0.368 e. The Labute approximate surface area is 121 Å². The summed E-state index contributed by atoms with van der Waals surface area (Å²) in [6, 6.07) is 6.79. The molecule has 1 unspecified atom stereocenters. The topological polar surface area (TPSA) is 120 Å². The maximum Gasteiger partial charge on any atom is 0.272 e. The van der Waals surface area contributed by atoms with Crippen molar-refractivity contribution in [2.24, 2.45) is 0 Å². The first-order valence-electron chi connectivity index (χ1n) is 6.49. The van der Waals surface area contributed by atoms with Crippen molar-refractivity contribution in [2.75, 3.05) is 11.1 Å². The second-order valence-corrected chi connectivity index (χ2v) is 4.64.